The van der Waals surface area contributed by atoms with E-state index in [1.807, 2.05) is 24.3 Å². The van der Waals surface area contributed by atoms with Crippen LogP contribution in [0.15, 0.2) is 60.8 Å². The highest BCUT2D eigenvalue weighted by Crippen LogP contribution is 2.17. The van der Waals surface area contributed by atoms with Gasteiger partial charge < -0.3 is 0 Å². The Morgan fingerprint density at radius 3 is 2.47 bits per heavy atom. The summed E-state index contributed by atoms with van der Waals surface area (Å²) in [6.45, 7) is 0. The Balaban J connectivity index is 2.04. The summed E-state index contributed by atoms with van der Waals surface area (Å²) in [6, 6.07) is 16.2. The molecule has 0 amide bonds. The van der Waals surface area contributed by atoms with E-state index < -0.39 is 0 Å². The minimum Gasteiger partial charge on any atom is -0.289 e. The standard InChI is InChI=1S/C16H10ClNO/c17-14-6-3-11(4-7-14)16(19)13-5-8-15-12(10-13)2-1-9-18-15/h1-10H. The number of pyridine rings is 1. The Kier molecular flexibility index (Phi) is 3.02. The quantitative estimate of drug-likeness (QED) is 0.654. The van der Waals surface area contributed by atoms with Gasteiger partial charge in [-0.15, -0.1) is 0 Å². The Morgan fingerprint density at radius 1 is 0.947 bits per heavy atom. The summed E-state index contributed by atoms with van der Waals surface area (Å²) in [5, 5.41) is 1.58. The van der Waals surface area contributed by atoms with E-state index in [4.69, 9.17) is 11.6 Å². The molecule has 0 aliphatic heterocycles. The molecule has 0 saturated heterocycles. The van der Waals surface area contributed by atoms with Crippen LogP contribution in [0.25, 0.3) is 10.9 Å². The second-order valence-corrected chi connectivity index (χ2v) is 4.68. The van der Waals surface area contributed by atoms with Crippen molar-refractivity contribution in [3.05, 3.63) is 76.9 Å². The van der Waals surface area contributed by atoms with Gasteiger partial charge in [-0.2, -0.15) is 0 Å². The van der Waals surface area contributed by atoms with Crippen molar-refractivity contribution in [3.63, 3.8) is 0 Å². The van der Waals surface area contributed by atoms with Crippen LogP contribution in [-0.4, -0.2) is 10.8 Å². The topological polar surface area (TPSA) is 30.0 Å². The number of rotatable bonds is 2. The van der Waals surface area contributed by atoms with Crippen LogP contribution in [0.3, 0.4) is 0 Å². The highest BCUT2D eigenvalue weighted by molar-refractivity contribution is 6.30. The van der Waals surface area contributed by atoms with Crippen LogP contribution < -0.4 is 0 Å². The lowest BCUT2D eigenvalue weighted by Crippen LogP contribution is -2.00. The highest BCUT2D eigenvalue weighted by atomic mass is 35.5. The molecule has 3 rings (SSSR count). The minimum absolute atomic E-state index is 0.0116. The maximum atomic E-state index is 12.3. The highest BCUT2D eigenvalue weighted by Gasteiger charge is 2.09. The third-order valence-electron chi connectivity index (χ3n) is 2.97. The Bertz CT molecular complexity index is 750. The molecule has 0 bridgehead atoms. The number of fused-ring (bicyclic) bond motifs is 1. The molecule has 0 atom stereocenters. The number of carbonyl (C=O) groups excluding carboxylic acids is 1. The number of nitrogens with zero attached hydrogens (tertiary/aromatic N) is 1. The summed E-state index contributed by atoms with van der Waals surface area (Å²) in [4.78, 5) is 16.6. The van der Waals surface area contributed by atoms with E-state index in [9.17, 15) is 4.79 Å². The molecule has 92 valence electrons. The lowest BCUT2D eigenvalue weighted by Gasteiger charge is -2.03. The zero-order valence-corrected chi connectivity index (χ0v) is 10.8. The van der Waals surface area contributed by atoms with Crippen LogP contribution in [0.4, 0.5) is 0 Å². The molecule has 0 N–H and O–H groups in total. The first-order valence-corrected chi connectivity index (χ1v) is 6.27. The van der Waals surface area contributed by atoms with Crippen LogP contribution in [-0.2, 0) is 0 Å². The predicted molar refractivity (Wildman–Crippen MR) is 76.6 cm³/mol. The predicted octanol–water partition coefficient (Wildman–Crippen LogP) is 4.12. The largest absolute Gasteiger partial charge is 0.289 e. The number of ketones is 1. The van der Waals surface area contributed by atoms with E-state index >= 15 is 0 Å². The molecule has 0 saturated carbocycles. The normalized spacial score (nSPS) is 10.6. The molecule has 3 aromatic rings. The summed E-state index contributed by atoms with van der Waals surface area (Å²) in [5.74, 6) is -0.0116. The second-order valence-electron chi connectivity index (χ2n) is 4.25. The summed E-state index contributed by atoms with van der Waals surface area (Å²) in [5.41, 5.74) is 2.17. The molecule has 0 spiro atoms. The SMILES string of the molecule is O=C(c1ccc(Cl)cc1)c1ccc2ncccc2c1. The van der Waals surface area contributed by atoms with Crippen molar-refractivity contribution in [2.24, 2.45) is 0 Å². The summed E-state index contributed by atoms with van der Waals surface area (Å²) >= 11 is 5.82. The number of aromatic nitrogens is 1. The fraction of sp³-hybridized carbons (Fsp3) is 0. The van der Waals surface area contributed by atoms with E-state index in [1.165, 1.54) is 0 Å². The third kappa shape index (κ3) is 2.35. The molecule has 3 heteroatoms. The van der Waals surface area contributed by atoms with Gasteiger partial charge in [0, 0.05) is 27.7 Å². The molecular weight excluding hydrogens is 258 g/mol. The Morgan fingerprint density at radius 2 is 1.68 bits per heavy atom. The molecule has 0 aliphatic rings. The average Bonchev–Trinajstić information content (AvgIpc) is 2.47. The van der Waals surface area contributed by atoms with Crippen molar-refractivity contribution in [1.82, 2.24) is 4.98 Å². The summed E-state index contributed by atoms with van der Waals surface area (Å²) in [6.07, 6.45) is 1.74. The number of halogens is 1. The van der Waals surface area contributed by atoms with Crippen LogP contribution in [0.1, 0.15) is 15.9 Å². The molecule has 0 unspecified atom stereocenters. The van der Waals surface area contributed by atoms with Crippen molar-refractivity contribution in [1.29, 1.82) is 0 Å². The molecule has 1 aromatic heterocycles. The number of hydrogen-bond donors (Lipinski definition) is 0. The first kappa shape index (κ1) is 11.9. The molecule has 2 nitrogen and oxygen atoms in total. The maximum Gasteiger partial charge on any atom is 0.193 e. The number of hydrogen-bond acceptors (Lipinski definition) is 2. The van der Waals surface area contributed by atoms with Gasteiger partial charge in [0.15, 0.2) is 5.78 Å². The summed E-state index contributed by atoms with van der Waals surface area (Å²) < 4.78 is 0. The minimum atomic E-state index is -0.0116. The monoisotopic (exact) mass is 267 g/mol. The van der Waals surface area contributed by atoms with Crippen molar-refractivity contribution in [3.8, 4) is 0 Å². The van der Waals surface area contributed by atoms with Crippen LogP contribution in [0.2, 0.25) is 5.02 Å². The maximum absolute atomic E-state index is 12.3. The fourth-order valence-electron chi connectivity index (χ4n) is 1.98. The van der Waals surface area contributed by atoms with Gasteiger partial charge in [0.05, 0.1) is 5.52 Å². The van der Waals surface area contributed by atoms with Crippen molar-refractivity contribution in [2.45, 2.75) is 0 Å². The zero-order valence-electron chi connectivity index (χ0n) is 10.0. The van der Waals surface area contributed by atoms with E-state index in [0.717, 1.165) is 10.9 Å². The van der Waals surface area contributed by atoms with E-state index in [1.54, 1.807) is 36.5 Å². The van der Waals surface area contributed by atoms with Gasteiger partial charge in [-0.05, 0) is 48.5 Å². The van der Waals surface area contributed by atoms with Gasteiger partial charge in [-0.3, -0.25) is 9.78 Å². The number of carbonyl (C=O) groups is 1. The Hall–Kier alpha value is -2.19. The van der Waals surface area contributed by atoms with Gasteiger partial charge in [0.25, 0.3) is 0 Å². The molecular formula is C16H10ClNO. The first-order valence-electron chi connectivity index (χ1n) is 5.89. The molecule has 0 aliphatic carbocycles. The Labute approximate surface area is 115 Å². The second kappa shape index (κ2) is 4.82. The molecule has 2 aromatic carbocycles. The van der Waals surface area contributed by atoms with Crippen LogP contribution >= 0.6 is 11.6 Å². The van der Waals surface area contributed by atoms with Crippen molar-refractivity contribution >= 4 is 28.3 Å². The van der Waals surface area contributed by atoms with Crippen LogP contribution in [0, 0.1) is 0 Å². The smallest absolute Gasteiger partial charge is 0.193 e. The number of benzene rings is 2. The molecule has 0 radical (unpaired) electrons. The summed E-state index contributed by atoms with van der Waals surface area (Å²) in [7, 11) is 0. The van der Waals surface area contributed by atoms with Crippen molar-refractivity contribution < 1.29 is 4.79 Å². The van der Waals surface area contributed by atoms with Gasteiger partial charge in [-0.25, -0.2) is 0 Å². The molecule has 19 heavy (non-hydrogen) atoms. The molecule has 0 fully saturated rings. The average molecular weight is 268 g/mol. The molecule has 1 heterocycles. The fourth-order valence-corrected chi connectivity index (χ4v) is 2.11. The van der Waals surface area contributed by atoms with Crippen LogP contribution in [0.5, 0.6) is 0 Å². The van der Waals surface area contributed by atoms with Crippen molar-refractivity contribution in [2.75, 3.05) is 0 Å². The lowest BCUT2D eigenvalue weighted by molar-refractivity contribution is 0.103. The first-order chi connectivity index (χ1) is 9.24. The van der Waals surface area contributed by atoms with Gasteiger partial charge in [0.1, 0.15) is 0 Å². The van der Waals surface area contributed by atoms with Gasteiger partial charge >= 0.3 is 0 Å². The van der Waals surface area contributed by atoms with Gasteiger partial charge in [0.2, 0.25) is 0 Å². The lowest BCUT2D eigenvalue weighted by atomic mass is 10.0. The third-order valence-corrected chi connectivity index (χ3v) is 3.22. The van der Waals surface area contributed by atoms with E-state index in [0.29, 0.717) is 16.1 Å². The van der Waals surface area contributed by atoms with E-state index in [-0.39, 0.29) is 5.78 Å². The van der Waals surface area contributed by atoms with Gasteiger partial charge in [-0.1, -0.05) is 17.7 Å². The van der Waals surface area contributed by atoms with E-state index in [2.05, 4.69) is 4.98 Å². The zero-order chi connectivity index (χ0) is 13.2.